The summed E-state index contributed by atoms with van der Waals surface area (Å²) >= 11 is 0. The third kappa shape index (κ3) is 4.75. The molecule has 0 aliphatic carbocycles. The van der Waals surface area contributed by atoms with Crippen molar-refractivity contribution in [2.75, 3.05) is 19.6 Å². The molecule has 3 rings (SSSR count). The van der Waals surface area contributed by atoms with Crippen LogP contribution in [-0.2, 0) is 0 Å². The molecule has 2 heterocycles. The zero-order valence-corrected chi connectivity index (χ0v) is 16.4. The fraction of sp³-hybridized carbons (Fsp3) is 0.524. The summed E-state index contributed by atoms with van der Waals surface area (Å²) in [7, 11) is 0. The monoisotopic (exact) mass is 372 g/mol. The van der Waals surface area contributed by atoms with Crippen LogP contribution in [0.3, 0.4) is 0 Å². The van der Waals surface area contributed by atoms with Crippen LogP contribution < -0.4 is 5.32 Å². The standard InChI is InChI=1S/C21H29FN4O/c1-15(2)20(25-11-8-16(3)9-12-25)14-23-21(27)18-10-13-26(24-18)19-7-5-4-6-17(19)22/h4-7,10,13,15-16,20H,8-9,11-12,14H2,1-3H3,(H,23,27). The van der Waals surface area contributed by atoms with Gasteiger partial charge in [0.2, 0.25) is 0 Å². The minimum absolute atomic E-state index is 0.221. The summed E-state index contributed by atoms with van der Waals surface area (Å²) in [5.41, 5.74) is 0.632. The number of hydrogen-bond donors (Lipinski definition) is 1. The van der Waals surface area contributed by atoms with E-state index in [-0.39, 0.29) is 11.7 Å². The molecule has 1 atom stereocenters. The lowest BCUT2D eigenvalue weighted by Crippen LogP contribution is -2.49. The number of hydrogen-bond acceptors (Lipinski definition) is 3. The van der Waals surface area contributed by atoms with Gasteiger partial charge in [-0.3, -0.25) is 9.69 Å². The first kappa shape index (κ1) is 19.5. The molecule has 27 heavy (non-hydrogen) atoms. The van der Waals surface area contributed by atoms with E-state index in [4.69, 9.17) is 0 Å². The van der Waals surface area contributed by atoms with Crippen LogP contribution in [0.5, 0.6) is 0 Å². The molecular formula is C21H29FN4O. The van der Waals surface area contributed by atoms with Gasteiger partial charge in [0, 0.05) is 18.8 Å². The highest BCUT2D eigenvalue weighted by molar-refractivity contribution is 5.92. The van der Waals surface area contributed by atoms with E-state index in [1.54, 1.807) is 30.5 Å². The molecule has 1 aromatic carbocycles. The van der Waals surface area contributed by atoms with Gasteiger partial charge >= 0.3 is 0 Å². The molecule has 1 aliphatic rings. The Kier molecular flexibility index (Phi) is 6.26. The minimum Gasteiger partial charge on any atom is -0.349 e. The highest BCUT2D eigenvalue weighted by Crippen LogP contribution is 2.21. The lowest BCUT2D eigenvalue weighted by Gasteiger charge is -2.38. The van der Waals surface area contributed by atoms with E-state index in [0.29, 0.717) is 29.9 Å². The molecule has 1 unspecified atom stereocenters. The Morgan fingerprint density at radius 3 is 2.63 bits per heavy atom. The number of carbonyl (C=O) groups excluding carboxylic acids is 1. The lowest BCUT2D eigenvalue weighted by molar-refractivity contribution is 0.0858. The summed E-state index contributed by atoms with van der Waals surface area (Å²) in [6, 6.07) is 8.32. The molecule has 1 amide bonds. The largest absolute Gasteiger partial charge is 0.349 e. The fourth-order valence-corrected chi connectivity index (χ4v) is 3.65. The van der Waals surface area contributed by atoms with Crippen molar-refractivity contribution >= 4 is 5.91 Å². The Labute approximate surface area is 160 Å². The van der Waals surface area contributed by atoms with Crippen molar-refractivity contribution in [2.24, 2.45) is 11.8 Å². The highest BCUT2D eigenvalue weighted by Gasteiger charge is 2.26. The first-order valence-corrected chi connectivity index (χ1v) is 9.78. The summed E-state index contributed by atoms with van der Waals surface area (Å²) in [6.45, 7) is 9.46. The summed E-state index contributed by atoms with van der Waals surface area (Å²) in [5.74, 6) is 0.647. The molecular weight excluding hydrogens is 343 g/mol. The summed E-state index contributed by atoms with van der Waals surface area (Å²) < 4.78 is 15.3. The zero-order valence-electron chi connectivity index (χ0n) is 16.4. The topological polar surface area (TPSA) is 50.2 Å². The number of carbonyl (C=O) groups is 1. The maximum atomic E-state index is 13.9. The molecule has 0 bridgehead atoms. The molecule has 5 nitrogen and oxygen atoms in total. The van der Waals surface area contributed by atoms with Gasteiger partial charge in [0.05, 0.1) is 0 Å². The quantitative estimate of drug-likeness (QED) is 0.844. The van der Waals surface area contributed by atoms with E-state index < -0.39 is 0 Å². The van der Waals surface area contributed by atoms with Gasteiger partial charge in [-0.05, 0) is 56.0 Å². The molecule has 1 aliphatic heterocycles. The Morgan fingerprint density at radius 2 is 1.96 bits per heavy atom. The number of benzene rings is 1. The second-order valence-electron chi connectivity index (χ2n) is 7.84. The van der Waals surface area contributed by atoms with Crippen LogP contribution in [0.15, 0.2) is 36.5 Å². The van der Waals surface area contributed by atoms with E-state index in [0.717, 1.165) is 19.0 Å². The Balaban J connectivity index is 1.62. The minimum atomic E-state index is -0.369. The average Bonchev–Trinajstić information content (AvgIpc) is 3.13. The van der Waals surface area contributed by atoms with Gasteiger partial charge in [0.1, 0.15) is 11.5 Å². The van der Waals surface area contributed by atoms with Crippen LogP contribution in [0.2, 0.25) is 0 Å². The number of amides is 1. The van der Waals surface area contributed by atoms with Gasteiger partial charge in [-0.2, -0.15) is 5.10 Å². The van der Waals surface area contributed by atoms with Crippen LogP contribution >= 0.6 is 0 Å². The second kappa shape index (κ2) is 8.65. The molecule has 0 saturated carbocycles. The van der Waals surface area contributed by atoms with Crippen LogP contribution in [0.25, 0.3) is 5.69 Å². The molecule has 0 spiro atoms. The van der Waals surface area contributed by atoms with Crippen molar-refractivity contribution in [3.05, 3.63) is 48.0 Å². The van der Waals surface area contributed by atoms with Crippen molar-refractivity contribution < 1.29 is 9.18 Å². The number of rotatable bonds is 6. The van der Waals surface area contributed by atoms with Crippen molar-refractivity contribution in [3.8, 4) is 5.69 Å². The molecule has 1 saturated heterocycles. The molecule has 2 aromatic rings. The van der Waals surface area contributed by atoms with Gasteiger partial charge in [0.15, 0.2) is 5.69 Å². The maximum Gasteiger partial charge on any atom is 0.271 e. The second-order valence-corrected chi connectivity index (χ2v) is 7.84. The van der Waals surface area contributed by atoms with E-state index in [1.165, 1.54) is 23.6 Å². The number of likely N-dealkylation sites (tertiary alicyclic amines) is 1. The zero-order chi connectivity index (χ0) is 19.4. The Morgan fingerprint density at radius 1 is 1.26 bits per heavy atom. The maximum absolute atomic E-state index is 13.9. The third-order valence-electron chi connectivity index (χ3n) is 5.45. The number of piperidine rings is 1. The Hall–Kier alpha value is -2.21. The van der Waals surface area contributed by atoms with Crippen LogP contribution in [0, 0.1) is 17.7 Å². The number of para-hydroxylation sites is 1. The van der Waals surface area contributed by atoms with E-state index in [9.17, 15) is 9.18 Å². The molecule has 146 valence electrons. The average molecular weight is 372 g/mol. The van der Waals surface area contributed by atoms with Crippen molar-refractivity contribution in [1.29, 1.82) is 0 Å². The van der Waals surface area contributed by atoms with Crippen LogP contribution in [-0.4, -0.2) is 46.3 Å². The predicted molar refractivity (Wildman–Crippen MR) is 104 cm³/mol. The molecule has 0 radical (unpaired) electrons. The van der Waals surface area contributed by atoms with Gasteiger partial charge in [0.25, 0.3) is 5.91 Å². The number of nitrogens with one attached hydrogen (secondary N) is 1. The Bertz CT molecular complexity index is 765. The first-order valence-electron chi connectivity index (χ1n) is 9.78. The van der Waals surface area contributed by atoms with Crippen molar-refractivity contribution in [1.82, 2.24) is 20.0 Å². The van der Waals surface area contributed by atoms with Gasteiger partial charge in [-0.25, -0.2) is 9.07 Å². The number of aromatic nitrogens is 2. The SMILES string of the molecule is CC1CCN(C(CNC(=O)c2ccn(-c3ccccc3F)n2)C(C)C)CC1. The van der Waals surface area contributed by atoms with Crippen LogP contribution in [0.4, 0.5) is 4.39 Å². The number of nitrogens with zero attached hydrogens (tertiary/aromatic N) is 3. The summed E-state index contributed by atoms with van der Waals surface area (Å²) in [5, 5.41) is 7.26. The first-order chi connectivity index (χ1) is 13.0. The third-order valence-corrected chi connectivity index (χ3v) is 5.45. The fourth-order valence-electron chi connectivity index (χ4n) is 3.65. The molecule has 1 N–H and O–H groups in total. The predicted octanol–water partition coefficient (Wildman–Crippen LogP) is 3.50. The van der Waals surface area contributed by atoms with E-state index in [2.05, 4.69) is 36.1 Å². The van der Waals surface area contributed by atoms with Crippen molar-refractivity contribution in [3.63, 3.8) is 0 Å². The summed E-state index contributed by atoms with van der Waals surface area (Å²) in [6.07, 6.45) is 4.04. The van der Waals surface area contributed by atoms with Crippen LogP contribution in [0.1, 0.15) is 44.1 Å². The van der Waals surface area contributed by atoms with Gasteiger partial charge in [-0.15, -0.1) is 0 Å². The van der Waals surface area contributed by atoms with Gasteiger partial charge in [-0.1, -0.05) is 32.9 Å². The molecule has 1 fully saturated rings. The molecule has 1 aromatic heterocycles. The van der Waals surface area contributed by atoms with Gasteiger partial charge < -0.3 is 5.32 Å². The molecule has 6 heteroatoms. The lowest BCUT2D eigenvalue weighted by atomic mass is 9.94. The van der Waals surface area contributed by atoms with E-state index in [1.807, 2.05) is 0 Å². The highest BCUT2D eigenvalue weighted by atomic mass is 19.1. The number of halogens is 1. The van der Waals surface area contributed by atoms with Crippen molar-refractivity contribution in [2.45, 2.75) is 39.7 Å². The smallest absolute Gasteiger partial charge is 0.271 e. The van der Waals surface area contributed by atoms with E-state index >= 15 is 0 Å². The normalized spacial score (nSPS) is 17.2. The summed E-state index contributed by atoms with van der Waals surface area (Å²) in [4.78, 5) is 15.0.